The van der Waals surface area contributed by atoms with E-state index in [1.54, 1.807) is 0 Å². The van der Waals surface area contributed by atoms with Crippen molar-refractivity contribution in [3.8, 4) is 0 Å². The highest BCUT2D eigenvalue weighted by molar-refractivity contribution is 6.31. The molecule has 4 nitrogen and oxygen atoms in total. The first kappa shape index (κ1) is 14.8. The van der Waals surface area contributed by atoms with Gasteiger partial charge >= 0.3 is 0 Å². The number of halogens is 1. The van der Waals surface area contributed by atoms with E-state index in [1.165, 1.54) is 19.3 Å². The number of aryl methyl sites for hydroxylation is 2. The maximum atomic E-state index is 9.03. The molecule has 0 aromatic carbocycles. The van der Waals surface area contributed by atoms with Gasteiger partial charge in [0, 0.05) is 32.8 Å². The second-order valence-electron chi connectivity index (χ2n) is 5.32. The van der Waals surface area contributed by atoms with Gasteiger partial charge in [-0.1, -0.05) is 24.9 Å². The Hall–Kier alpha value is -0.580. The third-order valence-corrected chi connectivity index (χ3v) is 4.49. The van der Waals surface area contributed by atoms with Crippen molar-refractivity contribution in [3.63, 3.8) is 0 Å². The van der Waals surface area contributed by atoms with Gasteiger partial charge in [-0.15, -0.1) is 0 Å². The molecule has 19 heavy (non-hydrogen) atoms. The van der Waals surface area contributed by atoms with Crippen LogP contribution in [0.5, 0.6) is 0 Å². The summed E-state index contributed by atoms with van der Waals surface area (Å²) in [6.07, 6.45) is 5.54. The fraction of sp³-hybridized carbons (Fsp3) is 0.786. The molecular weight excluding hydrogens is 262 g/mol. The van der Waals surface area contributed by atoms with Crippen LogP contribution < -0.4 is 0 Å². The highest BCUT2D eigenvalue weighted by Gasteiger charge is 2.26. The quantitative estimate of drug-likeness (QED) is 0.836. The summed E-state index contributed by atoms with van der Waals surface area (Å²) in [6, 6.07) is 0.655. The Morgan fingerprint density at radius 3 is 2.68 bits per heavy atom. The molecule has 0 radical (unpaired) electrons. The number of aromatic nitrogens is 2. The Labute approximate surface area is 120 Å². The molecule has 0 amide bonds. The van der Waals surface area contributed by atoms with Gasteiger partial charge in [-0.05, 0) is 25.7 Å². The van der Waals surface area contributed by atoms with Crippen LogP contribution in [0.25, 0.3) is 0 Å². The average molecular weight is 286 g/mol. The summed E-state index contributed by atoms with van der Waals surface area (Å²) in [6.45, 7) is 4.10. The average Bonchev–Trinajstić information content (AvgIpc) is 2.60. The van der Waals surface area contributed by atoms with Crippen LogP contribution in [-0.4, -0.2) is 39.0 Å². The lowest BCUT2D eigenvalue weighted by atomic mass is 9.91. The summed E-state index contributed by atoms with van der Waals surface area (Å²) >= 11 is 6.41. The van der Waals surface area contributed by atoms with Crippen LogP contribution in [0.3, 0.4) is 0 Å². The Morgan fingerprint density at radius 1 is 1.47 bits per heavy atom. The zero-order valence-corrected chi connectivity index (χ0v) is 12.7. The highest BCUT2D eigenvalue weighted by Crippen LogP contribution is 2.29. The lowest BCUT2D eigenvalue weighted by Gasteiger charge is -2.37. The van der Waals surface area contributed by atoms with E-state index in [-0.39, 0.29) is 6.61 Å². The van der Waals surface area contributed by atoms with Crippen molar-refractivity contribution in [1.82, 2.24) is 14.7 Å². The molecule has 1 aromatic rings. The van der Waals surface area contributed by atoms with E-state index in [0.717, 1.165) is 42.3 Å². The molecule has 1 N–H and O–H groups in total. The van der Waals surface area contributed by atoms with Crippen LogP contribution >= 0.6 is 11.6 Å². The van der Waals surface area contributed by atoms with E-state index in [4.69, 9.17) is 16.7 Å². The molecule has 1 aliphatic carbocycles. The molecule has 5 heteroatoms. The van der Waals surface area contributed by atoms with Crippen molar-refractivity contribution in [1.29, 1.82) is 0 Å². The zero-order chi connectivity index (χ0) is 13.8. The maximum Gasteiger partial charge on any atom is 0.0863 e. The van der Waals surface area contributed by atoms with Crippen LogP contribution in [0, 0.1) is 0 Å². The zero-order valence-electron chi connectivity index (χ0n) is 11.9. The van der Waals surface area contributed by atoms with Crippen molar-refractivity contribution in [2.24, 2.45) is 7.05 Å². The van der Waals surface area contributed by atoms with Gasteiger partial charge in [0.05, 0.1) is 16.4 Å². The van der Waals surface area contributed by atoms with Gasteiger partial charge in [0.15, 0.2) is 0 Å². The number of nitrogens with zero attached hydrogens (tertiary/aromatic N) is 3. The highest BCUT2D eigenvalue weighted by atomic mass is 35.5. The van der Waals surface area contributed by atoms with Gasteiger partial charge in [0.1, 0.15) is 0 Å². The van der Waals surface area contributed by atoms with Crippen LogP contribution in [-0.2, 0) is 20.0 Å². The van der Waals surface area contributed by atoms with Crippen molar-refractivity contribution in [2.45, 2.75) is 51.6 Å². The van der Waals surface area contributed by atoms with Gasteiger partial charge < -0.3 is 5.11 Å². The Bertz CT molecular complexity index is 415. The Kier molecular flexibility index (Phi) is 5.25. The van der Waals surface area contributed by atoms with Crippen molar-refractivity contribution in [3.05, 3.63) is 16.4 Å². The first-order valence-corrected chi connectivity index (χ1v) is 7.60. The molecule has 2 rings (SSSR count). The predicted octanol–water partition coefficient (Wildman–Crippen LogP) is 2.37. The van der Waals surface area contributed by atoms with E-state index in [0.29, 0.717) is 6.04 Å². The summed E-state index contributed by atoms with van der Waals surface area (Å²) in [5.41, 5.74) is 2.08. The van der Waals surface area contributed by atoms with Crippen molar-refractivity contribution >= 4 is 11.6 Å². The Morgan fingerprint density at radius 2 is 2.21 bits per heavy atom. The first-order valence-electron chi connectivity index (χ1n) is 7.22. The summed E-state index contributed by atoms with van der Waals surface area (Å²) < 4.78 is 1.91. The second-order valence-corrected chi connectivity index (χ2v) is 5.69. The van der Waals surface area contributed by atoms with Gasteiger partial charge in [0.2, 0.25) is 0 Å². The number of aliphatic hydroxyl groups excluding tert-OH is 1. The molecule has 1 aromatic heterocycles. The number of hydrogen-bond acceptors (Lipinski definition) is 3. The van der Waals surface area contributed by atoms with Crippen LogP contribution in [0.15, 0.2) is 0 Å². The summed E-state index contributed by atoms with van der Waals surface area (Å²) in [5.74, 6) is 0. The van der Waals surface area contributed by atoms with E-state index < -0.39 is 0 Å². The third-order valence-electron chi connectivity index (χ3n) is 4.05. The number of rotatable bonds is 7. The minimum Gasteiger partial charge on any atom is -0.396 e. The largest absolute Gasteiger partial charge is 0.396 e. The lowest BCUT2D eigenvalue weighted by Crippen LogP contribution is -2.40. The molecule has 0 bridgehead atoms. The maximum absolute atomic E-state index is 9.03. The summed E-state index contributed by atoms with van der Waals surface area (Å²) in [5, 5.41) is 14.3. The molecule has 1 heterocycles. The van der Waals surface area contributed by atoms with Crippen LogP contribution in [0.4, 0.5) is 0 Å². The minimum atomic E-state index is 0.253. The van der Waals surface area contributed by atoms with Gasteiger partial charge in [-0.2, -0.15) is 5.10 Å². The summed E-state index contributed by atoms with van der Waals surface area (Å²) in [4.78, 5) is 2.45. The summed E-state index contributed by atoms with van der Waals surface area (Å²) in [7, 11) is 1.96. The fourth-order valence-corrected chi connectivity index (χ4v) is 2.95. The predicted molar refractivity (Wildman–Crippen MR) is 77.3 cm³/mol. The molecule has 1 fully saturated rings. The smallest absolute Gasteiger partial charge is 0.0863 e. The van der Waals surface area contributed by atoms with Crippen molar-refractivity contribution in [2.75, 3.05) is 13.2 Å². The molecule has 108 valence electrons. The van der Waals surface area contributed by atoms with E-state index in [2.05, 4.69) is 16.9 Å². The molecular formula is C14H24ClN3O. The van der Waals surface area contributed by atoms with E-state index in [9.17, 15) is 0 Å². The first-order chi connectivity index (χ1) is 9.17. The monoisotopic (exact) mass is 285 g/mol. The fourth-order valence-electron chi connectivity index (χ4n) is 2.60. The normalized spacial score (nSPS) is 16.1. The van der Waals surface area contributed by atoms with E-state index in [1.807, 2.05) is 11.7 Å². The lowest BCUT2D eigenvalue weighted by molar-refractivity contribution is 0.107. The standard InChI is InChI=1S/C14H24ClN3O/c1-3-12-14(15)13(17(2)16-12)10-18(8-5-9-19)11-6-4-7-11/h11,19H,3-10H2,1-2H3. The SMILES string of the molecule is CCc1nn(C)c(CN(CCCO)C2CCC2)c1Cl. The van der Waals surface area contributed by atoms with Gasteiger partial charge in [-0.25, -0.2) is 0 Å². The van der Waals surface area contributed by atoms with Crippen LogP contribution in [0.1, 0.15) is 44.0 Å². The molecule has 0 saturated heterocycles. The molecule has 0 atom stereocenters. The number of hydrogen-bond donors (Lipinski definition) is 1. The van der Waals surface area contributed by atoms with Crippen molar-refractivity contribution < 1.29 is 5.11 Å². The molecule has 0 spiro atoms. The van der Waals surface area contributed by atoms with Gasteiger partial charge in [0.25, 0.3) is 0 Å². The molecule has 1 aliphatic rings. The topological polar surface area (TPSA) is 41.3 Å². The molecule has 0 unspecified atom stereocenters. The molecule has 1 saturated carbocycles. The van der Waals surface area contributed by atoms with E-state index >= 15 is 0 Å². The van der Waals surface area contributed by atoms with Gasteiger partial charge in [-0.3, -0.25) is 9.58 Å². The second kappa shape index (κ2) is 6.73. The third kappa shape index (κ3) is 3.30. The minimum absolute atomic E-state index is 0.253. The Balaban J connectivity index is 2.09. The number of aliphatic hydroxyl groups is 1. The molecule has 0 aliphatic heterocycles. The van der Waals surface area contributed by atoms with Crippen LogP contribution in [0.2, 0.25) is 5.02 Å².